The molecule has 0 radical (unpaired) electrons. The molecule has 0 fully saturated rings. The topological polar surface area (TPSA) is 71.1 Å². The summed E-state index contributed by atoms with van der Waals surface area (Å²) in [5.41, 5.74) is -0.00124. The number of fused-ring (bicyclic) bond motifs is 1. The van der Waals surface area contributed by atoms with E-state index in [1.54, 1.807) is 6.07 Å². The lowest BCUT2D eigenvalue weighted by atomic mass is 10.1. The minimum absolute atomic E-state index is 0.0517. The van der Waals surface area contributed by atoms with Gasteiger partial charge in [-0.2, -0.15) is 0 Å². The number of alkyl halides is 3. The van der Waals surface area contributed by atoms with Crippen LogP contribution >= 0.6 is 0 Å². The molecule has 4 rings (SSSR count). The van der Waals surface area contributed by atoms with E-state index in [9.17, 15) is 22.8 Å². The van der Waals surface area contributed by atoms with Crippen LogP contribution in [0.4, 0.5) is 13.2 Å². The molecule has 0 saturated heterocycles. The first-order valence-electron chi connectivity index (χ1n) is 10.3. The van der Waals surface area contributed by atoms with Crippen molar-refractivity contribution in [3.05, 3.63) is 81.0 Å². The molecule has 10 heteroatoms. The Morgan fingerprint density at radius 3 is 2.30 bits per heavy atom. The summed E-state index contributed by atoms with van der Waals surface area (Å²) in [6.45, 7) is 2.21. The molecule has 4 aromatic rings. The maximum Gasteiger partial charge on any atom is 0.573 e. The van der Waals surface area contributed by atoms with Crippen LogP contribution in [0.5, 0.6) is 5.75 Å². The lowest BCUT2D eigenvalue weighted by Gasteiger charge is -2.15. The van der Waals surface area contributed by atoms with Crippen molar-refractivity contribution < 1.29 is 17.9 Å². The van der Waals surface area contributed by atoms with Crippen molar-refractivity contribution in [1.82, 2.24) is 18.7 Å². The highest BCUT2D eigenvalue weighted by Gasteiger charge is 2.33. The number of halogens is 3. The van der Waals surface area contributed by atoms with Gasteiger partial charge >= 0.3 is 12.1 Å². The van der Waals surface area contributed by atoms with Gasteiger partial charge in [-0.3, -0.25) is 13.9 Å². The molecule has 2 heterocycles. The van der Waals surface area contributed by atoms with Crippen molar-refractivity contribution in [3.63, 3.8) is 0 Å². The zero-order valence-electron chi connectivity index (χ0n) is 18.0. The molecule has 0 unspecified atom stereocenters. The number of hydrogen-bond donors (Lipinski definition) is 0. The Kier molecular flexibility index (Phi) is 5.84. The van der Waals surface area contributed by atoms with Crippen molar-refractivity contribution >= 4 is 11.2 Å². The molecule has 2 aromatic heterocycles. The van der Waals surface area contributed by atoms with Crippen molar-refractivity contribution in [2.45, 2.75) is 32.8 Å². The van der Waals surface area contributed by atoms with Crippen LogP contribution in [0.1, 0.15) is 18.9 Å². The van der Waals surface area contributed by atoms with Gasteiger partial charge in [-0.1, -0.05) is 49.4 Å². The number of ether oxygens (including phenoxy) is 1. The smallest absolute Gasteiger partial charge is 0.405 e. The van der Waals surface area contributed by atoms with Gasteiger partial charge in [0.1, 0.15) is 11.6 Å². The van der Waals surface area contributed by atoms with Crippen molar-refractivity contribution in [2.24, 2.45) is 7.05 Å². The van der Waals surface area contributed by atoms with Gasteiger partial charge in [-0.05, 0) is 24.1 Å². The summed E-state index contributed by atoms with van der Waals surface area (Å²) in [6, 6.07) is 14.7. The third-order valence-electron chi connectivity index (χ3n) is 5.22. The predicted molar refractivity (Wildman–Crippen MR) is 117 cm³/mol. The first-order chi connectivity index (χ1) is 15.7. The summed E-state index contributed by atoms with van der Waals surface area (Å²) < 4.78 is 47.3. The summed E-state index contributed by atoms with van der Waals surface area (Å²) in [5, 5.41) is 0. The summed E-state index contributed by atoms with van der Waals surface area (Å²) in [6.07, 6.45) is -4.35. The fourth-order valence-corrected chi connectivity index (χ4v) is 3.78. The molecular formula is C23H21F3N4O3. The molecule has 0 atom stereocenters. The van der Waals surface area contributed by atoms with Gasteiger partial charge in [0, 0.05) is 20.1 Å². The van der Waals surface area contributed by atoms with E-state index in [1.807, 2.05) is 37.3 Å². The van der Waals surface area contributed by atoms with Crippen molar-refractivity contribution in [3.8, 4) is 17.1 Å². The van der Waals surface area contributed by atoms with Crippen LogP contribution in [-0.2, 0) is 20.1 Å². The lowest BCUT2D eigenvalue weighted by molar-refractivity contribution is -0.274. The second kappa shape index (κ2) is 8.61. The fraction of sp³-hybridized carbons (Fsp3) is 0.261. The number of para-hydroxylation sites is 1. The third-order valence-corrected chi connectivity index (χ3v) is 5.22. The zero-order valence-corrected chi connectivity index (χ0v) is 18.0. The monoisotopic (exact) mass is 458 g/mol. The molecular weight excluding hydrogens is 437 g/mol. The van der Waals surface area contributed by atoms with Crippen LogP contribution < -0.4 is 16.0 Å². The first-order valence-corrected chi connectivity index (χ1v) is 10.3. The largest absolute Gasteiger partial charge is 0.573 e. The quantitative estimate of drug-likeness (QED) is 0.439. The van der Waals surface area contributed by atoms with Gasteiger partial charge in [-0.15, -0.1) is 13.2 Å². The minimum Gasteiger partial charge on any atom is -0.405 e. The molecule has 7 nitrogen and oxygen atoms in total. The summed E-state index contributed by atoms with van der Waals surface area (Å²) in [5.74, 6) is -0.358. The van der Waals surface area contributed by atoms with E-state index in [0.29, 0.717) is 6.42 Å². The SMILES string of the molecule is CCCn1c(=O)c2c(nc(-c3ccccc3OC(F)(F)F)n2Cc2ccccc2)n(C)c1=O. The highest BCUT2D eigenvalue weighted by molar-refractivity contribution is 5.79. The Labute approximate surface area is 186 Å². The normalized spacial score (nSPS) is 11.8. The number of aromatic nitrogens is 4. The predicted octanol–water partition coefficient (Wildman–Crippen LogP) is 3.92. The molecule has 33 heavy (non-hydrogen) atoms. The Balaban J connectivity index is 2.06. The van der Waals surface area contributed by atoms with Crippen LogP contribution in [-0.4, -0.2) is 25.0 Å². The van der Waals surface area contributed by atoms with E-state index in [1.165, 1.54) is 34.4 Å². The van der Waals surface area contributed by atoms with Gasteiger partial charge in [0.05, 0.1) is 5.56 Å². The first kappa shape index (κ1) is 22.4. The molecule has 0 aliphatic carbocycles. The van der Waals surface area contributed by atoms with Gasteiger partial charge in [-0.25, -0.2) is 9.78 Å². The summed E-state index contributed by atoms with van der Waals surface area (Å²) in [7, 11) is 1.48. The molecule has 2 aromatic carbocycles. The Morgan fingerprint density at radius 2 is 1.64 bits per heavy atom. The number of imidazole rings is 1. The molecule has 172 valence electrons. The molecule has 0 N–H and O–H groups in total. The van der Waals surface area contributed by atoms with E-state index in [0.717, 1.165) is 10.1 Å². The average Bonchev–Trinajstić information content (AvgIpc) is 3.14. The summed E-state index contributed by atoms with van der Waals surface area (Å²) >= 11 is 0. The fourth-order valence-electron chi connectivity index (χ4n) is 3.78. The van der Waals surface area contributed by atoms with Gasteiger partial charge in [0.15, 0.2) is 11.2 Å². The lowest BCUT2D eigenvalue weighted by Crippen LogP contribution is -2.39. The average molecular weight is 458 g/mol. The molecule has 0 aliphatic rings. The minimum atomic E-state index is -4.91. The molecule has 0 bridgehead atoms. The second-order valence-corrected chi connectivity index (χ2v) is 7.52. The Bertz CT molecular complexity index is 1420. The van der Waals surface area contributed by atoms with Crippen LogP contribution in [0, 0.1) is 0 Å². The van der Waals surface area contributed by atoms with Gasteiger partial charge < -0.3 is 9.30 Å². The highest BCUT2D eigenvalue weighted by atomic mass is 19.4. The second-order valence-electron chi connectivity index (χ2n) is 7.52. The molecule has 0 saturated carbocycles. The van der Waals surface area contributed by atoms with E-state index >= 15 is 0 Å². The van der Waals surface area contributed by atoms with E-state index in [-0.39, 0.29) is 35.6 Å². The molecule has 0 amide bonds. The number of hydrogen-bond acceptors (Lipinski definition) is 4. The Hall–Kier alpha value is -3.82. The van der Waals surface area contributed by atoms with E-state index in [2.05, 4.69) is 9.72 Å². The standard InChI is InChI=1S/C23H21F3N4O3/c1-3-13-29-21(31)18-20(28(2)22(29)32)27-19(30(18)14-15-9-5-4-6-10-15)16-11-7-8-12-17(16)33-23(24,25)26/h4-12H,3,13-14H2,1-2H3. The van der Waals surface area contributed by atoms with E-state index < -0.39 is 23.4 Å². The number of aryl methyl sites for hydroxylation is 1. The number of nitrogens with zero attached hydrogens (tertiary/aromatic N) is 4. The Morgan fingerprint density at radius 1 is 0.970 bits per heavy atom. The third kappa shape index (κ3) is 4.28. The maximum absolute atomic E-state index is 13.3. The van der Waals surface area contributed by atoms with Crippen LogP contribution in [0.15, 0.2) is 64.2 Å². The number of rotatable bonds is 6. The molecule has 0 aliphatic heterocycles. The maximum atomic E-state index is 13.3. The van der Waals surface area contributed by atoms with Crippen molar-refractivity contribution in [2.75, 3.05) is 0 Å². The van der Waals surface area contributed by atoms with E-state index in [4.69, 9.17) is 0 Å². The highest BCUT2D eigenvalue weighted by Crippen LogP contribution is 2.34. The van der Waals surface area contributed by atoms with Crippen LogP contribution in [0.3, 0.4) is 0 Å². The van der Waals surface area contributed by atoms with Crippen LogP contribution in [0.25, 0.3) is 22.6 Å². The van der Waals surface area contributed by atoms with Gasteiger partial charge in [0.2, 0.25) is 0 Å². The van der Waals surface area contributed by atoms with Gasteiger partial charge in [0.25, 0.3) is 5.56 Å². The van der Waals surface area contributed by atoms with Crippen molar-refractivity contribution in [1.29, 1.82) is 0 Å². The molecule has 0 spiro atoms. The zero-order chi connectivity index (χ0) is 23.8. The summed E-state index contributed by atoms with van der Waals surface area (Å²) in [4.78, 5) is 30.6. The number of benzene rings is 2. The van der Waals surface area contributed by atoms with Crippen LogP contribution in [0.2, 0.25) is 0 Å².